The van der Waals surface area contributed by atoms with Crippen molar-refractivity contribution >= 4 is 17.5 Å². The number of carbonyl (C=O) groups is 2. The van der Waals surface area contributed by atoms with Gasteiger partial charge in [0.2, 0.25) is 5.91 Å². The van der Waals surface area contributed by atoms with Gasteiger partial charge in [-0.05, 0) is 42.3 Å². The number of nitrogens with zero attached hydrogens (tertiary/aromatic N) is 3. The summed E-state index contributed by atoms with van der Waals surface area (Å²) in [4.78, 5) is 34.5. The number of nitrogens with one attached hydrogen (secondary N) is 2. The summed E-state index contributed by atoms with van der Waals surface area (Å²) in [6, 6.07) is 21.1. The van der Waals surface area contributed by atoms with Crippen LogP contribution in [0.25, 0.3) is 0 Å². The van der Waals surface area contributed by atoms with Crippen LogP contribution in [-0.2, 0) is 17.9 Å². The first-order valence-corrected chi connectivity index (χ1v) is 11.6. The van der Waals surface area contributed by atoms with E-state index in [1.165, 1.54) is 5.56 Å². The van der Waals surface area contributed by atoms with Gasteiger partial charge in [-0.15, -0.1) is 0 Å². The van der Waals surface area contributed by atoms with Crippen LogP contribution in [0, 0.1) is 6.92 Å². The smallest absolute Gasteiger partial charge is 0.254 e. The normalized spacial score (nSPS) is 16.2. The van der Waals surface area contributed by atoms with Crippen molar-refractivity contribution in [3.05, 3.63) is 95.3 Å². The minimum atomic E-state index is -0.541. The van der Waals surface area contributed by atoms with Crippen LogP contribution in [0.1, 0.15) is 27.2 Å². The average Bonchev–Trinajstić information content (AvgIpc) is 2.88. The molecular weight excluding hydrogens is 426 g/mol. The number of aromatic nitrogens is 1. The van der Waals surface area contributed by atoms with Crippen LogP contribution in [0.3, 0.4) is 0 Å². The Morgan fingerprint density at radius 2 is 1.82 bits per heavy atom. The lowest BCUT2D eigenvalue weighted by molar-refractivity contribution is -0.127. The molecule has 2 amide bonds. The van der Waals surface area contributed by atoms with Crippen molar-refractivity contribution in [3.63, 3.8) is 0 Å². The Bertz CT molecular complexity index is 1120. The first kappa shape index (κ1) is 23.4. The van der Waals surface area contributed by atoms with Crippen LogP contribution < -0.4 is 10.6 Å². The second kappa shape index (κ2) is 10.9. The van der Waals surface area contributed by atoms with E-state index in [1.54, 1.807) is 18.1 Å². The number of anilines is 1. The minimum Gasteiger partial charge on any atom is -0.379 e. The predicted molar refractivity (Wildman–Crippen MR) is 133 cm³/mol. The van der Waals surface area contributed by atoms with Crippen LogP contribution >= 0.6 is 0 Å². The molecule has 1 atom stereocenters. The number of amides is 2. The molecule has 4 rings (SSSR count). The van der Waals surface area contributed by atoms with Gasteiger partial charge in [-0.2, -0.15) is 0 Å². The molecule has 0 radical (unpaired) electrons. The monoisotopic (exact) mass is 457 g/mol. The van der Waals surface area contributed by atoms with Gasteiger partial charge < -0.3 is 15.5 Å². The van der Waals surface area contributed by atoms with E-state index in [9.17, 15) is 9.59 Å². The fourth-order valence-corrected chi connectivity index (χ4v) is 4.26. The third kappa shape index (κ3) is 5.61. The van der Waals surface area contributed by atoms with Gasteiger partial charge in [-0.3, -0.25) is 19.5 Å². The summed E-state index contributed by atoms with van der Waals surface area (Å²) in [7, 11) is 1.62. The van der Waals surface area contributed by atoms with E-state index in [-0.39, 0.29) is 11.8 Å². The van der Waals surface area contributed by atoms with E-state index in [0.29, 0.717) is 31.7 Å². The number of rotatable bonds is 7. The summed E-state index contributed by atoms with van der Waals surface area (Å²) in [5.74, 6) is -0.277. The molecule has 3 aromatic rings. The Morgan fingerprint density at radius 3 is 2.56 bits per heavy atom. The van der Waals surface area contributed by atoms with E-state index in [2.05, 4.69) is 32.7 Å². The van der Waals surface area contributed by atoms with Crippen molar-refractivity contribution in [3.8, 4) is 0 Å². The Morgan fingerprint density at radius 1 is 1.03 bits per heavy atom. The molecule has 34 heavy (non-hydrogen) atoms. The lowest BCUT2D eigenvalue weighted by atomic mass is 10.0. The van der Waals surface area contributed by atoms with Gasteiger partial charge in [0.1, 0.15) is 6.04 Å². The SMILES string of the molecule is CNC(=O)[C@@H]1CN(Cc2ccccc2)CCN1C(=O)c1ccc(C)c(NCc2ccccn2)c1. The molecule has 0 aliphatic carbocycles. The number of piperazine rings is 1. The van der Waals surface area contributed by atoms with Crippen molar-refractivity contribution in [2.45, 2.75) is 26.1 Å². The molecule has 7 heteroatoms. The van der Waals surface area contributed by atoms with Crippen LogP contribution in [-0.4, -0.2) is 59.3 Å². The number of likely N-dealkylation sites (N-methyl/N-ethyl adjacent to an activating group) is 1. The van der Waals surface area contributed by atoms with Gasteiger partial charge in [0.25, 0.3) is 5.91 Å². The molecule has 2 heterocycles. The van der Waals surface area contributed by atoms with E-state index in [4.69, 9.17) is 0 Å². The van der Waals surface area contributed by atoms with E-state index >= 15 is 0 Å². The Labute approximate surface area is 200 Å². The van der Waals surface area contributed by atoms with Crippen molar-refractivity contribution in [1.29, 1.82) is 0 Å². The topological polar surface area (TPSA) is 77.6 Å². The van der Waals surface area contributed by atoms with E-state index in [1.807, 2.05) is 61.5 Å². The number of carbonyl (C=O) groups excluding carboxylic acids is 2. The predicted octanol–water partition coefficient (Wildman–Crippen LogP) is 3.07. The molecule has 0 saturated carbocycles. The highest BCUT2D eigenvalue weighted by Gasteiger charge is 2.35. The molecule has 7 nitrogen and oxygen atoms in total. The first-order valence-electron chi connectivity index (χ1n) is 11.6. The molecule has 1 aliphatic heterocycles. The van der Waals surface area contributed by atoms with Gasteiger partial charge in [0, 0.05) is 50.7 Å². The Kier molecular flexibility index (Phi) is 7.54. The van der Waals surface area contributed by atoms with Crippen LogP contribution in [0.5, 0.6) is 0 Å². The third-order valence-corrected chi connectivity index (χ3v) is 6.19. The van der Waals surface area contributed by atoms with Crippen molar-refractivity contribution in [1.82, 2.24) is 20.1 Å². The Hall–Kier alpha value is -3.71. The molecule has 1 saturated heterocycles. The van der Waals surface area contributed by atoms with Gasteiger partial charge in [0.15, 0.2) is 0 Å². The molecular formula is C27H31N5O2. The standard InChI is InChI=1S/C27H31N5O2/c1-20-11-12-22(16-24(20)30-17-23-10-6-7-13-29-23)27(34)32-15-14-31(19-25(32)26(33)28-2)18-21-8-4-3-5-9-21/h3-13,16,25,30H,14-15,17-19H2,1-2H3,(H,28,33)/t25-/m0/s1. The van der Waals surface area contributed by atoms with Crippen molar-refractivity contribution in [2.24, 2.45) is 0 Å². The molecule has 1 aromatic heterocycles. The van der Waals surface area contributed by atoms with Gasteiger partial charge in [-0.1, -0.05) is 42.5 Å². The fourth-order valence-electron chi connectivity index (χ4n) is 4.26. The molecule has 2 N–H and O–H groups in total. The molecule has 0 bridgehead atoms. The average molecular weight is 458 g/mol. The van der Waals surface area contributed by atoms with Gasteiger partial charge in [-0.25, -0.2) is 0 Å². The summed E-state index contributed by atoms with van der Waals surface area (Å²) < 4.78 is 0. The van der Waals surface area contributed by atoms with Gasteiger partial charge >= 0.3 is 0 Å². The zero-order valence-electron chi connectivity index (χ0n) is 19.7. The van der Waals surface area contributed by atoms with E-state index < -0.39 is 6.04 Å². The third-order valence-electron chi connectivity index (χ3n) is 6.19. The fraction of sp³-hybridized carbons (Fsp3) is 0.296. The second-order valence-corrected chi connectivity index (χ2v) is 8.55. The minimum absolute atomic E-state index is 0.131. The summed E-state index contributed by atoms with van der Waals surface area (Å²) in [5, 5.41) is 6.12. The van der Waals surface area contributed by atoms with E-state index in [0.717, 1.165) is 23.5 Å². The maximum absolute atomic E-state index is 13.5. The highest BCUT2D eigenvalue weighted by atomic mass is 16.2. The second-order valence-electron chi connectivity index (χ2n) is 8.55. The van der Waals surface area contributed by atoms with Gasteiger partial charge in [0.05, 0.1) is 12.2 Å². The molecule has 1 fully saturated rings. The summed E-state index contributed by atoms with van der Waals surface area (Å²) >= 11 is 0. The van der Waals surface area contributed by atoms with Crippen molar-refractivity contribution < 1.29 is 9.59 Å². The summed E-state index contributed by atoms with van der Waals surface area (Å²) in [5.41, 5.74) is 4.62. The lowest BCUT2D eigenvalue weighted by Gasteiger charge is -2.40. The molecule has 2 aromatic carbocycles. The summed E-state index contributed by atoms with van der Waals surface area (Å²) in [6.45, 7) is 5.03. The first-order chi connectivity index (χ1) is 16.5. The number of benzene rings is 2. The molecule has 1 aliphatic rings. The highest BCUT2D eigenvalue weighted by Crippen LogP contribution is 2.22. The van der Waals surface area contributed by atoms with Crippen molar-refractivity contribution in [2.75, 3.05) is 32.0 Å². The number of pyridine rings is 1. The number of hydrogen-bond acceptors (Lipinski definition) is 5. The largest absolute Gasteiger partial charge is 0.379 e. The zero-order chi connectivity index (χ0) is 23.9. The highest BCUT2D eigenvalue weighted by molar-refractivity contribution is 5.98. The molecule has 0 unspecified atom stereocenters. The number of aryl methyl sites for hydroxylation is 1. The lowest BCUT2D eigenvalue weighted by Crippen LogP contribution is -2.60. The van der Waals surface area contributed by atoms with Crippen LogP contribution in [0.2, 0.25) is 0 Å². The maximum atomic E-state index is 13.5. The van der Waals surface area contributed by atoms with Crippen LogP contribution in [0.4, 0.5) is 5.69 Å². The number of hydrogen-bond donors (Lipinski definition) is 2. The maximum Gasteiger partial charge on any atom is 0.254 e. The zero-order valence-corrected chi connectivity index (χ0v) is 19.7. The molecule has 176 valence electrons. The van der Waals surface area contributed by atoms with Crippen LogP contribution in [0.15, 0.2) is 72.9 Å². The quantitative estimate of drug-likeness (QED) is 0.570. The summed E-state index contributed by atoms with van der Waals surface area (Å²) in [6.07, 6.45) is 1.76. The Balaban J connectivity index is 1.48. The molecule has 0 spiro atoms.